The smallest absolute Gasteiger partial charge is 0.266 e. The second kappa shape index (κ2) is 4.99. The highest BCUT2D eigenvalue weighted by molar-refractivity contribution is 7.90. The molecule has 1 aromatic rings. The van der Waals surface area contributed by atoms with Crippen molar-refractivity contribution < 1.29 is 13.2 Å². The number of sulfonamides is 1. The minimum Gasteiger partial charge on any atom is -0.274 e. The van der Waals surface area contributed by atoms with Gasteiger partial charge in [-0.15, -0.1) is 0 Å². The molecule has 1 heterocycles. The van der Waals surface area contributed by atoms with Gasteiger partial charge in [-0.2, -0.15) is 8.73 Å². The van der Waals surface area contributed by atoms with Crippen LogP contribution < -0.4 is 4.72 Å². The van der Waals surface area contributed by atoms with Gasteiger partial charge >= 0.3 is 0 Å². The number of nitrogens with zero attached hydrogens (tertiary/aromatic N) is 2. The van der Waals surface area contributed by atoms with Gasteiger partial charge < -0.3 is 0 Å². The maximum absolute atomic E-state index is 12.5. The van der Waals surface area contributed by atoms with Gasteiger partial charge in [0.1, 0.15) is 16.3 Å². The predicted octanol–water partition coefficient (Wildman–Crippen LogP) is 2.65. The summed E-state index contributed by atoms with van der Waals surface area (Å²) < 4.78 is 35.3. The Morgan fingerprint density at radius 2 is 1.91 bits per heavy atom. The predicted molar refractivity (Wildman–Crippen MR) is 82.2 cm³/mol. The Morgan fingerprint density at radius 1 is 1.18 bits per heavy atom. The minimum atomic E-state index is -3.90. The number of amides is 1. The fraction of sp³-hybridized carbons (Fsp3) is 0.500. The van der Waals surface area contributed by atoms with E-state index in [-0.39, 0.29) is 16.7 Å². The lowest BCUT2D eigenvalue weighted by Crippen LogP contribution is -2.32. The monoisotopic (exact) mass is 337 g/mol. The SMILES string of the molecule is O=C(NS(=O)(=O)c1cccc2c1N=S=N2)C1[C@@H]2CCCC[C@@H]12. The molecule has 2 saturated carbocycles. The second-order valence-corrected chi connectivity index (χ2v) is 8.18. The Kier molecular flexibility index (Phi) is 3.19. The molecule has 1 amide bonds. The number of hydrogen-bond donors (Lipinski definition) is 1. The molecule has 8 heteroatoms. The standard InChI is InChI=1S/C14H15N3O3S2/c18-14(12-8-4-1-2-5-9(8)12)17-22(19,20)11-7-3-6-10-13(11)16-21-15-10/h3,6-9,12H,1-2,4-5H2,(H,17,18)/t8-,9-/m1/s1. The van der Waals surface area contributed by atoms with Crippen molar-refractivity contribution in [2.45, 2.75) is 30.6 Å². The number of nitrogens with one attached hydrogen (secondary N) is 1. The average molecular weight is 337 g/mol. The first-order valence-corrected chi connectivity index (χ1v) is 9.57. The summed E-state index contributed by atoms with van der Waals surface area (Å²) in [4.78, 5) is 12.3. The van der Waals surface area contributed by atoms with Crippen LogP contribution >= 0.6 is 0 Å². The molecule has 2 atom stereocenters. The lowest BCUT2D eigenvalue weighted by molar-refractivity contribution is -0.121. The van der Waals surface area contributed by atoms with Gasteiger partial charge in [0, 0.05) is 5.92 Å². The molecule has 116 valence electrons. The molecule has 0 spiro atoms. The van der Waals surface area contributed by atoms with Crippen molar-refractivity contribution in [2.75, 3.05) is 0 Å². The van der Waals surface area contributed by atoms with Crippen LogP contribution in [0, 0.1) is 17.8 Å². The Bertz CT molecular complexity index is 816. The highest BCUT2D eigenvalue weighted by Crippen LogP contribution is 2.55. The first-order valence-electron chi connectivity index (χ1n) is 7.36. The topological polar surface area (TPSA) is 88.0 Å². The molecule has 2 fully saturated rings. The van der Waals surface area contributed by atoms with Gasteiger partial charge in [0.25, 0.3) is 10.0 Å². The summed E-state index contributed by atoms with van der Waals surface area (Å²) in [6, 6.07) is 4.77. The Balaban J connectivity index is 1.57. The highest BCUT2D eigenvalue weighted by Gasteiger charge is 2.55. The second-order valence-electron chi connectivity index (χ2n) is 6.00. The number of carbonyl (C=O) groups excluding carboxylic acids is 1. The van der Waals surface area contributed by atoms with Crippen LogP contribution in [0.25, 0.3) is 0 Å². The van der Waals surface area contributed by atoms with Crippen LogP contribution in [0.1, 0.15) is 25.7 Å². The van der Waals surface area contributed by atoms with Crippen molar-refractivity contribution in [3.05, 3.63) is 18.2 Å². The van der Waals surface area contributed by atoms with Crippen LogP contribution in [0.2, 0.25) is 0 Å². The van der Waals surface area contributed by atoms with Gasteiger partial charge in [0.2, 0.25) is 5.91 Å². The average Bonchev–Trinajstić information content (AvgIpc) is 3.03. The Labute approximate surface area is 132 Å². The van der Waals surface area contributed by atoms with E-state index in [1.54, 1.807) is 12.1 Å². The highest BCUT2D eigenvalue weighted by atomic mass is 32.2. The van der Waals surface area contributed by atoms with Crippen LogP contribution in [0.4, 0.5) is 11.4 Å². The lowest BCUT2D eigenvalue weighted by atomic mass is 10.0. The molecular formula is C14H15N3O3S2. The minimum absolute atomic E-state index is 0.0238. The molecule has 22 heavy (non-hydrogen) atoms. The van der Waals surface area contributed by atoms with Crippen LogP contribution in [0.15, 0.2) is 31.8 Å². The number of fused-ring (bicyclic) bond motifs is 2. The van der Waals surface area contributed by atoms with Gasteiger partial charge in [0.15, 0.2) is 0 Å². The maximum Gasteiger partial charge on any atom is 0.266 e. The third-order valence-corrected chi connectivity index (χ3v) is 6.65. The van der Waals surface area contributed by atoms with Crippen LogP contribution in [-0.4, -0.2) is 14.3 Å². The fourth-order valence-corrected chi connectivity index (χ4v) is 5.42. The summed E-state index contributed by atoms with van der Waals surface area (Å²) in [5.41, 5.74) is 0.849. The van der Waals surface area contributed by atoms with E-state index in [1.165, 1.54) is 6.07 Å². The maximum atomic E-state index is 12.5. The van der Waals surface area contributed by atoms with Gasteiger partial charge in [0.05, 0.1) is 11.4 Å². The molecule has 0 radical (unpaired) electrons. The van der Waals surface area contributed by atoms with Crippen molar-refractivity contribution in [3.8, 4) is 0 Å². The number of rotatable bonds is 3. The largest absolute Gasteiger partial charge is 0.274 e. The van der Waals surface area contributed by atoms with Crippen molar-refractivity contribution in [1.29, 1.82) is 0 Å². The van der Waals surface area contributed by atoms with Crippen molar-refractivity contribution in [2.24, 2.45) is 26.5 Å². The Morgan fingerprint density at radius 3 is 2.64 bits per heavy atom. The molecule has 1 aliphatic heterocycles. The third kappa shape index (κ3) is 2.21. The normalized spacial score (nSPS) is 28.5. The lowest BCUT2D eigenvalue weighted by Gasteiger charge is -2.08. The zero-order valence-corrected chi connectivity index (χ0v) is 13.4. The van der Waals surface area contributed by atoms with Crippen molar-refractivity contribution >= 4 is 38.7 Å². The van der Waals surface area contributed by atoms with Crippen molar-refractivity contribution in [1.82, 2.24) is 4.72 Å². The zero-order valence-electron chi connectivity index (χ0n) is 11.7. The molecule has 0 bridgehead atoms. The van der Waals surface area contributed by atoms with E-state index in [2.05, 4.69) is 13.4 Å². The summed E-state index contributed by atoms with van der Waals surface area (Å²) in [5.74, 6) is 0.253. The van der Waals surface area contributed by atoms with Gasteiger partial charge in [-0.3, -0.25) is 4.79 Å². The molecule has 0 saturated heterocycles. The molecule has 1 aromatic carbocycles. The summed E-state index contributed by atoms with van der Waals surface area (Å²) >= 11 is 0.960. The van der Waals surface area contributed by atoms with Crippen LogP contribution in [0.3, 0.4) is 0 Å². The molecular weight excluding hydrogens is 322 g/mol. The van der Waals surface area contributed by atoms with E-state index in [1.807, 2.05) is 0 Å². The third-order valence-electron chi connectivity index (χ3n) is 4.73. The van der Waals surface area contributed by atoms with Crippen molar-refractivity contribution in [3.63, 3.8) is 0 Å². The fourth-order valence-electron chi connectivity index (χ4n) is 3.63. The van der Waals surface area contributed by atoms with E-state index in [0.717, 1.165) is 37.0 Å². The molecule has 1 N–H and O–H groups in total. The Hall–Kier alpha value is -1.54. The molecule has 6 nitrogen and oxygen atoms in total. The molecule has 0 aromatic heterocycles. The molecule has 4 rings (SSSR count). The quantitative estimate of drug-likeness (QED) is 0.934. The molecule has 0 unspecified atom stereocenters. The zero-order chi connectivity index (χ0) is 15.3. The summed E-state index contributed by atoms with van der Waals surface area (Å²) in [7, 11) is -3.90. The molecule has 3 aliphatic rings. The number of carbonyl (C=O) groups is 1. The van der Waals surface area contributed by atoms with E-state index in [9.17, 15) is 13.2 Å². The van der Waals surface area contributed by atoms with E-state index >= 15 is 0 Å². The number of hydrogen-bond acceptors (Lipinski definition) is 5. The van der Waals surface area contributed by atoms with Gasteiger partial charge in [-0.05, 0) is 36.8 Å². The summed E-state index contributed by atoms with van der Waals surface area (Å²) in [6.45, 7) is 0. The summed E-state index contributed by atoms with van der Waals surface area (Å²) in [6.07, 6.45) is 4.35. The van der Waals surface area contributed by atoms with Gasteiger partial charge in [-0.1, -0.05) is 18.9 Å². The first kappa shape index (κ1) is 14.1. The van der Waals surface area contributed by atoms with Crippen LogP contribution in [0.5, 0.6) is 0 Å². The van der Waals surface area contributed by atoms with E-state index in [4.69, 9.17) is 0 Å². The van der Waals surface area contributed by atoms with E-state index < -0.39 is 10.0 Å². The summed E-state index contributed by atoms with van der Waals surface area (Å²) in [5, 5.41) is 0. The van der Waals surface area contributed by atoms with E-state index in [0.29, 0.717) is 23.2 Å². The first-order chi connectivity index (χ1) is 10.6. The van der Waals surface area contributed by atoms with Crippen LogP contribution in [-0.2, 0) is 26.2 Å². The number of benzene rings is 1. The molecule has 2 aliphatic carbocycles. The van der Waals surface area contributed by atoms with Gasteiger partial charge in [-0.25, -0.2) is 13.1 Å².